The van der Waals surface area contributed by atoms with Crippen LogP contribution >= 0.6 is 0 Å². The molecule has 21 heavy (non-hydrogen) atoms. The number of nitrogens with one attached hydrogen (secondary N) is 2. The summed E-state index contributed by atoms with van der Waals surface area (Å²) in [6, 6.07) is 11.5. The number of hydrogen-bond acceptors (Lipinski definition) is 4. The highest BCUT2D eigenvalue weighted by molar-refractivity contribution is 6.06. The van der Waals surface area contributed by atoms with E-state index in [9.17, 15) is 15.0 Å². The predicted octanol–water partition coefficient (Wildman–Crippen LogP) is 2.63. The largest absolute Gasteiger partial charge is 0.508 e. The Balaban J connectivity index is 2.14. The minimum absolute atomic E-state index is 0.0302. The summed E-state index contributed by atoms with van der Waals surface area (Å²) >= 11 is 0. The third-order valence-corrected chi connectivity index (χ3v) is 3.33. The lowest BCUT2D eigenvalue weighted by Gasteiger charge is -2.12. The van der Waals surface area contributed by atoms with Crippen LogP contribution in [0.15, 0.2) is 42.5 Å². The van der Waals surface area contributed by atoms with Crippen LogP contribution in [-0.2, 0) is 0 Å². The number of phenolic OH excluding ortho intramolecular Hbond substituents is 2. The van der Waals surface area contributed by atoms with Crippen molar-refractivity contribution in [3.63, 3.8) is 0 Å². The van der Waals surface area contributed by atoms with E-state index in [1.807, 2.05) is 26.1 Å². The van der Waals surface area contributed by atoms with Crippen LogP contribution in [0.2, 0.25) is 0 Å². The van der Waals surface area contributed by atoms with E-state index in [0.717, 1.165) is 5.56 Å². The third kappa shape index (κ3) is 3.52. The fourth-order valence-corrected chi connectivity index (χ4v) is 1.93. The van der Waals surface area contributed by atoms with Crippen molar-refractivity contribution >= 4 is 11.6 Å². The first-order chi connectivity index (χ1) is 10.0. The Morgan fingerprint density at radius 3 is 2.38 bits per heavy atom. The lowest BCUT2D eigenvalue weighted by atomic mass is 10.1. The normalized spacial score (nSPS) is 11.9. The monoisotopic (exact) mass is 286 g/mol. The minimum atomic E-state index is -0.474. The Kier molecular flexibility index (Phi) is 4.45. The van der Waals surface area contributed by atoms with E-state index in [1.165, 1.54) is 18.2 Å². The van der Waals surface area contributed by atoms with Gasteiger partial charge < -0.3 is 20.8 Å². The van der Waals surface area contributed by atoms with Gasteiger partial charge in [0.2, 0.25) is 0 Å². The third-order valence-electron chi connectivity index (χ3n) is 3.33. The van der Waals surface area contributed by atoms with E-state index in [0.29, 0.717) is 5.69 Å². The van der Waals surface area contributed by atoms with Gasteiger partial charge in [0, 0.05) is 11.7 Å². The van der Waals surface area contributed by atoms with Crippen molar-refractivity contribution in [3.8, 4) is 11.5 Å². The molecule has 0 aromatic heterocycles. The number of carbonyl (C=O) groups is 1. The highest BCUT2D eigenvalue weighted by Crippen LogP contribution is 2.23. The second-order valence-electron chi connectivity index (χ2n) is 4.79. The zero-order chi connectivity index (χ0) is 15.4. The lowest BCUT2D eigenvalue weighted by molar-refractivity contribution is 0.102. The molecule has 0 spiro atoms. The Morgan fingerprint density at radius 2 is 1.76 bits per heavy atom. The molecule has 0 radical (unpaired) electrons. The van der Waals surface area contributed by atoms with E-state index in [-0.39, 0.29) is 23.1 Å². The van der Waals surface area contributed by atoms with Crippen molar-refractivity contribution in [1.29, 1.82) is 0 Å². The maximum Gasteiger partial charge on any atom is 0.259 e. The number of carbonyl (C=O) groups excluding carboxylic acids is 1. The fraction of sp³-hybridized carbons (Fsp3) is 0.188. The summed E-state index contributed by atoms with van der Waals surface area (Å²) < 4.78 is 0. The number of phenols is 2. The van der Waals surface area contributed by atoms with Gasteiger partial charge in [0.05, 0.1) is 5.56 Å². The minimum Gasteiger partial charge on any atom is -0.508 e. The number of hydrogen-bond donors (Lipinski definition) is 4. The van der Waals surface area contributed by atoms with Gasteiger partial charge >= 0.3 is 0 Å². The van der Waals surface area contributed by atoms with E-state index in [1.54, 1.807) is 12.1 Å². The predicted molar refractivity (Wildman–Crippen MR) is 81.6 cm³/mol. The van der Waals surface area contributed by atoms with Crippen LogP contribution in [-0.4, -0.2) is 23.2 Å². The molecule has 5 nitrogen and oxygen atoms in total. The van der Waals surface area contributed by atoms with Gasteiger partial charge in [-0.05, 0) is 49.9 Å². The summed E-state index contributed by atoms with van der Waals surface area (Å²) in [6.45, 7) is 2.04. The smallest absolute Gasteiger partial charge is 0.259 e. The molecular formula is C16H18N2O3. The van der Waals surface area contributed by atoms with Crippen LogP contribution in [0.4, 0.5) is 5.69 Å². The zero-order valence-corrected chi connectivity index (χ0v) is 11.9. The standard InChI is InChI=1S/C16H18N2O3/c1-10(17-2)11-3-5-12(6-4-11)18-16(21)14-9-13(19)7-8-15(14)20/h3-10,17,19-20H,1-2H3,(H,18,21). The van der Waals surface area contributed by atoms with Gasteiger partial charge in [-0.3, -0.25) is 4.79 Å². The van der Waals surface area contributed by atoms with Crippen LogP contribution in [0, 0.1) is 0 Å². The average Bonchev–Trinajstić information content (AvgIpc) is 2.49. The summed E-state index contributed by atoms with van der Waals surface area (Å²) in [6.07, 6.45) is 0. The first-order valence-corrected chi connectivity index (χ1v) is 6.62. The fourth-order valence-electron chi connectivity index (χ4n) is 1.93. The molecule has 1 atom stereocenters. The molecule has 2 rings (SSSR count). The SMILES string of the molecule is CNC(C)c1ccc(NC(=O)c2cc(O)ccc2O)cc1. The molecule has 0 aliphatic carbocycles. The second-order valence-corrected chi connectivity index (χ2v) is 4.79. The molecule has 0 bridgehead atoms. The molecule has 2 aromatic carbocycles. The van der Waals surface area contributed by atoms with Gasteiger partial charge in [-0.15, -0.1) is 0 Å². The van der Waals surface area contributed by atoms with E-state index < -0.39 is 5.91 Å². The molecule has 5 heteroatoms. The number of aromatic hydroxyl groups is 2. The van der Waals surface area contributed by atoms with Crippen LogP contribution < -0.4 is 10.6 Å². The van der Waals surface area contributed by atoms with E-state index in [4.69, 9.17) is 0 Å². The first kappa shape index (κ1) is 14.9. The quantitative estimate of drug-likeness (QED) is 0.651. The summed E-state index contributed by atoms with van der Waals surface area (Å²) in [5.41, 5.74) is 1.76. The van der Waals surface area contributed by atoms with Crippen LogP contribution in [0.5, 0.6) is 11.5 Å². The lowest BCUT2D eigenvalue weighted by Crippen LogP contribution is -2.13. The molecule has 0 fully saturated rings. The summed E-state index contributed by atoms with van der Waals surface area (Å²) in [5.74, 6) is -0.723. The molecule has 4 N–H and O–H groups in total. The van der Waals surface area contributed by atoms with Crippen molar-refractivity contribution in [1.82, 2.24) is 5.32 Å². The number of anilines is 1. The zero-order valence-electron chi connectivity index (χ0n) is 11.9. The molecule has 2 aromatic rings. The Labute approximate surface area is 123 Å². The van der Waals surface area contributed by atoms with Crippen molar-refractivity contribution in [3.05, 3.63) is 53.6 Å². The maximum absolute atomic E-state index is 12.1. The Hall–Kier alpha value is -2.53. The van der Waals surface area contributed by atoms with Crippen molar-refractivity contribution in [2.24, 2.45) is 0 Å². The maximum atomic E-state index is 12.1. The van der Waals surface area contributed by atoms with Gasteiger partial charge in [0.1, 0.15) is 11.5 Å². The topological polar surface area (TPSA) is 81.6 Å². The van der Waals surface area contributed by atoms with Crippen molar-refractivity contribution < 1.29 is 15.0 Å². The molecule has 0 saturated heterocycles. The molecule has 0 saturated carbocycles. The number of benzene rings is 2. The highest BCUT2D eigenvalue weighted by Gasteiger charge is 2.12. The number of rotatable bonds is 4. The summed E-state index contributed by atoms with van der Waals surface area (Å²) in [7, 11) is 1.88. The molecular weight excluding hydrogens is 268 g/mol. The molecule has 0 heterocycles. The van der Waals surface area contributed by atoms with E-state index >= 15 is 0 Å². The molecule has 1 unspecified atom stereocenters. The van der Waals surface area contributed by atoms with Gasteiger partial charge in [0.25, 0.3) is 5.91 Å². The molecule has 0 aliphatic rings. The van der Waals surface area contributed by atoms with Gasteiger partial charge in [-0.2, -0.15) is 0 Å². The Bertz CT molecular complexity index is 638. The molecule has 110 valence electrons. The molecule has 0 aliphatic heterocycles. The van der Waals surface area contributed by atoms with Crippen LogP contribution in [0.25, 0.3) is 0 Å². The van der Waals surface area contributed by atoms with Gasteiger partial charge in [0.15, 0.2) is 0 Å². The van der Waals surface area contributed by atoms with Crippen LogP contribution in [0.3, 0.4) is 0 Å². The van der Waals surface area contributed by atoms with Gasteiger partial charge in [-0.1, -0.05) is 12.1 Å². The first-order valence-electron chi connectivity index (χ1n) is 6.62. The summed E-state index contributed by atoms with van der Waals surface area (Å²) in [4.78, 5) is 12.1. The number of amides is 1. The highest BCUT2D eigenvalue weighted by atomic mass is 16.3. The molecule has 1 amide bonds. The summed E-state index contributed by atoms with van der Waals surface area (Å²) in [5, 5.41) is 24.8. The van der Waals surface area contributed by atoms with E-state index in [2.05, 4.69) is 10.6 Å². The Morgan fingerprint density at radius 1 is 1.10 bits per heavy atom. The van der Waals surface area contributed by atoms with Gasteiger partial charge in [-0.25, -0.2) is 0 Å². The van der Waals surface area contributed by atoms with Crippen molar-refractivity contribution in [2.45, 2.75) is 13.0 Å². The van der Waals surface area contributed by atoms with Crippen LogP contribution in [0.1, 0.15) is 28.9 Å². The average molecular weight is 286 g/mol. The van der Waals surface area contributed by atoms with Crippen molar-refractivity contribution in [2.75, 3.05) is 12.4 Å². The second kappa shape index (κ2) is 6.28.